The normalized spacial score (nSPS) is 11.6. The molecule has 0 unspecified atom stereocenters. The molecule has 16 heavy (non-hydrogen) atoms. The highest BCUT2D eigenvalue weighted by atomic mass is 16.4. The summed E-state index contributed by atoms with van der Waals surface area (Å²) in [4.78, 5) is 15.0. The van der Waals surface area contributed by atoms with Crippen molar-refractivity contribution in [3.05, 3.63) is 29.3 Å². The Labute approximate surface area is 95.8 Å². The summed E-state index contributed by atoms with van der Waals surface area (Å²) >= 11 is 0. The molecule has 0 radical (unpaired) electrons. The highest BCUT2D eigenvalue weighted by molar-refractivity contribution is 6.35. The van der Waals surface area contributed by atoms with Crippen LogP contribution in [0, 0.1) is 0 Å². The summed E-state index contributed by atoms with van der Waals surface area (Å²) in [5.74, 6) is -0.965. The minimum Gasteiger partial charge on any atom is -0.477 e. The first-order chi connectivity index (χ1) is 7.60. The van der Waals surface area contributed by atoms with Crippen LogP contribution in [0.1, 0.15) is 31.9 Å². The quantitative estimate of drug-likeness (QED) is 0.791. The van der Waals surface area contributed by atoms with Crippen LogP contribution in [0.2, 0.25) is 0 Å². The Balaban J connectivity index is 3.29. The van der Waals surface area contributed by atoms with Crippen LogP contribution in [0.5, 0.6) is 0 Å². The van der Waals surface area contributed by atoms with Crippen LogP contribution < -0.4 is 0 Å². The highest BCUT2D eigenvalue weighted by Gasteiger charge is 2.08. The van der Waals surface area contributed by atoms with E-state index < -0.39 is 5.97 Å². The Morgan fingerprint density at radius 3 is 2.12 bits per heavy atom. The summed E-state index contributed by atoms with van der Waals surface area (Å²) in [6, 6.07) is 5.98. The molecule has 0 atom stereocenters. The van der Waals surface area contributed by atoms with Gasteiger partial charge in [0.15, 0.2) is 0 Å². The van der Waals surface area contributed by atoms with Crippen LogP contribution in [-0.2, 0) is 17.6 Å². The predicted molar refractivity (Wildman–Crippen MR) is 65.6 cm³/mol. The Bertz CT molecular complexity index is 400. The number of aliphatic imine (C=N–C) groups is 1. The Morgan fingerprint density at radius 1 is 1.25 bits per heavy atom. The first-order valence-electron chi connectivity index (χ1n) is 5.49. The van der Waals surface area contributed by atoms with Crippen LogP contribution in [0.4, 0.5) is 5.69 Å². The molecular formula is C13H17NO2. The summed E-state index contributed by atoms with van der Waals surface area (Å²) in [5, 5.41) is 8.84. The van der Waals surface area contributed by atoms with Gasteiger partial charge in [-0.05, 0) is 30.9 Å². The number of carbonyl (C=O) groups is 1. The van der Waals surface area contributed by atoms with Crippen LogP contribution in [0.3, 0.4) is 0 Å². The Morgan fingerprint density at radius 2 is 1.75 bits per heavy atom. The van der Waals surface area contributed by atoms with Crippen LogP contribution in [-0.4, -0.2) is 16.8 Å². The van der Waals surface area contributed by atoms with E-state index in [-0.39, 0.29) is 5.71 Å². The van der Waals surface area contributed by atoms with Gasteiger partial charge in [-0.1, -0.05) is 32.0 Å². The third-order valence-electron chi connectivity index (χ3n) is 2.55. The van der Waals surface area contributed by atoms with Crippen molar-refractivity contribution in [1.82, 2.24) is 0 Å². The van der Waals surface area contributed by atoms with Gasteiger partial charge in [-0.3, -0.25) is 0 Å². The maximum absolute atomic E-state index is 10.8. The lowest BCUT2D eigenvalue weighted by molar-refractivity contribution is -0.129. The number of nitrogens with zero attached hydrogens (tertiary/aromatic N) is 1. The van der Waals surface area contributed by atoms with Crippen molar-refractivity contribution >= 4 is 17.4 Å². The molecule has 3 heteroatoms. The summed E-state index contributed by atoms with van der Waals surface area (Å²) in [5.41, 5.74) is 3.16. The van der Waals surface area contributed by atoms with E-state index in [1.165, 1.54) is 6.92 Å². The fourth-order valence-electron chi connectivity index (χ4n) is 1.57. The number of aryl methyl sites for hydroxylation is 2. The molecule has 0 spiro atoms. The lowest BCUT2D eigenvalue weighted by Crippen LogP contribution is -2.07. The second kappa shape index (κ2) is 5.45. The largest absolute Gasteiger partial charge is 0.477 e. The van der Waals surface area contributed by atoms with E-state index in [0.717, 1.165) is 29.7 Å². The molecule has 0 aromatic heterocycles. The first-order valence-corrected chi connectivity index (χ1v) is 5.49. The minimum absolute atomic E-state index is 0.135. The fraction of sp³-hybridized carbons (Fsp3) is 0.385. The van der Waals surface area contributed by atoms with Gasteiger partial charge in [-0.2, -0.15) is 0 Å². The van der Waals surface area contributed by atoms with E-state index in [4.69, 9.17) is 5.11 Å². The molecule has 0 saturated carbocycles. The summed E-state index contributed by atoms with van der Waals surface area (Å²) < 4.78 is 0. The van der Waals surface area contributed by atoms with Gasteiger partial charge < -0.3 is 5.11 Å². The van der Waals surface area contributed by atoms with Gasteiger partial charge in [0.25, 0.3) is 0 Å². The molecule has 3 nitrogen and oxygen atoms in total. The van der Waals surface area contributed by atoms with Gasteiger partial charge in [0, 0.05) is 0 Å². The zero-order chi connectivity index (χ0) is 12.1. The number of benzene rings is 1. The molecule has 0 heterocycles. The van der Waals surface area contributed by atoms with Crippen molar-refractivity contribution < 1.29 is 9.90 Å². The van der Waals surface area contributed by atoms with Crippen molar-refractivity contribution in [3.63, 3.8) is 0 Å². The fourth-order valence-corrected chi connectivity index (χ4v) is 1.57. The van der Waals surface area contributed by atoms with E-state index in [0.29, 0.717) is 0 Å². The van der Waals surface area contributed by atoms with Crippen molar-refractivity contribution in [3.8, 4) is 0 Å². The molecule has 1 aromatic carbocycles. The van der Waals surface area contributed by atoms with Crippen molar-refractivity contribution in [2.45, 2.75) is 33.6 Å². The van der Waals surface area contributed by atoms with Crippen molar-refractivity contribution in [2.24, 2.45) is 4.99 Å². The van der Waals surface area contributed by atoms with Gasteiger partial charge in [-0.25, -0.2) is 9.79 Å². The predicted octanol–water partition coefficient (Wildman–Crippen LogP) is 2.99. The lowest BCUT2D eigenvalue weighted by atomic mass is 10.0. The second-order valence-electron chi connectivity index (χ2n) is 3.63. The number of rotatable bonds is 4. The van der Waals surface area contributed by atoms with E-state index >= 15 is 0 Å². The number of para-hydroxylation sites is 1. The highest BCUT2D eigenvalue weighted by Crippen LogP contribution is 2.25. The van der Waals surface area contributed by atoms with Gasteiger partial charge in [0.2, 0.25) is 0 Å². The molecular weight excluding hydrogens is 202 g/mol. The summed E-state index contributed by atoms with van der Waals surface area (Å²) in [7, 11) is 0. The molecule has 0 amide bonds. The lowest BCUT2D eigenvalue weighted by Gasteiger charge is -2.08. The zero-order valence-corrected chi connectivity index (χ0v) is 9.95. The van der Waals surface area contributed by atoms with Crippen molar-refractivity contribution in [2.75, 3.05) is 0 Å². The maximum Gasteiger partial charge on any atom is 0.349 e. The van der Waals surface area contributed by atoms with E-state index in [1.807, 2.05) is 32.0 Å². The van der Waals surface area contributed by atoms with Gasteiger partial charge >= 0.3 is 5.97 Å². The van der Waals surface area contributed by atoms with E-state index in [1.54, 1.807) is 0 Å². The molecule has 1 rings (SSSR count). The number of hydrogen-bond acceptors (Lipinski definition) is 2. The molecule has 0 bridgehead atoms. The average molecular weight is 219 g/mol. The first kappa shape index (κ1) is 12.4. The summed E-state index contributed by atoms with van der Waals surface area (Å²) in [6.07, 6.45) is 1.72. The zero-order valence-electron chi connectivity index (χ0n) is 9.95. The van der Waals surface area contributed by atoms with Gasteiger partial charge in [0.05, 0.1) is 5.69 Å². The molecule has 0 aliphatic rings. The molecule has 0 saturated heterocycles. The van der Waals surface area contributed by atoms with Crippen LogP contribution in [0.15, 0.2) is 23.2 Å². The minimum atomic E-state index is -0.965. The summed E-state index contributed by atoms with van der Waals surface area (Å²) in [6.45, 7) is 5.61. The number of aliphatic carboxylic acids is 1. The third kappa shape index (κ3) is 2.69. The molecule has 86 valence electrons. The topological polar surface area (TPSA) is 49.7 Å². The number of carboxylic acid groups (broad SMARTS) is 1. The average Bonchev–Trinajstić information content (AvgIpc) is 2.29. The Hall–Kier alpha value is -1.64. The van der Waals surface area contributed by atoms with Gasteiger partial charge in [0.1, 0.15) is 5.71 Å². The number of hydrogen-bond donors (Lipinski definition) is 1. The maximum atomic E-state index is 10.8. The molecule has 1 aromatic rings. The molecule has 1 N–H and O–H groups in total. The standard InChI is InChI=1S/C13H17NO2/c1-4-10-7-6-8-11(5-2)12(10)14-9(3)13(15)16/h6-8H,4-5H2,1-3H3,(H,15,16). The third-order valence-corrected chi connectivity index (χ3v) is 2.55. The van der Waals surface area contributed by atoms with Crippen LogP contribution >= 0.6 is 0 Å². The van der Waals surface area contributed by atoms with Crippen molar-refractivity contribution in [1.29, 1.82) is 0 Å². The molecule has 0 fully saturated rings. The van der Waals surface area contributed by atoms with Gasteiger partial charge in [-0.15, -0.1) is 0 Å². The monoisotopic (exact) mass is 219 g/mol. The Kier molecular flexibility index (Phi) is 4.23. The smallest absolute Gasteiger partial charge is 0.349 e. The second-order valence-corrected chi connectivity index (χ2v) is 3.63. The van der Waals surface area contributed by atoms with E-state index in [9.17, 15) is 4.79 Å². The van der Waals surface area contributed by atoms with Crippen LogP contribution in [0.25, 0.3) is 0 Å². The number of carboxylic acids is 1. The SMILES string of the molecule is CCc1cccc(CC)c1N=C(C)C(=O)O. The molecule has 0 aliphatic heterocycles. The molecule has 0 aliphatic carbocycles. The van der Waals surface area contributed by atoms with E-state index in [2.05, 4.69) is 4.99 Å².